The molecule has 0 radical (unpaired) electrons. The van der Waals surface area contributed by atoms with Crippen molar-refractivity contribution in [3.8, 4) is 5.75 Å². The van der Waals surface area contributed by atoms with Crippen molar-refractivity contribution in [2.75, 3.05) is 12.4 Å². The first-order chi connectivity index (χ1) is 13.0. The number of hydrogen-bond donors (Lipinski definition) is 1. The monoisotopic (exact) mass is 365 g/mol. The Hall–Kier alpha value is -3.15. The second-order valence-corrected chi connectivity index (χ2v) is 6.57. The SMILES string of the molecule is COc1ccc(C)cc1NC(=O)CCCn1cnc2c(C)cccc2c1=O. The zero-order valence-corrected chi connectivity index (χ0v) is 15.8. The van der Waals surface area contributed by atoms with Crippen LogP contribution in [0.2, 0.25) is 0 Å². The number of anilines is 1. The number of amides is 1. The van der Waals surface area contributed by atoms with Gasteiger partial charge in [-0.3, -0.25) is 14.2 Å². The van der Waals surface area contributed by atoms with Gasteiger partial charge in [-0.2, -0.15) is 0 Å². The van der Waals surface area contributed by atoms with Crippen molar-refractivity contribution < 1.29 is 9.53 Å². The molecule has 6 nitrogen and oxygen atoms in total. The Morgan fingerprint density at radius 1 is 1.22 bits per heavy atom. The second-order valence-electron chi connectivity index (χ2n) is 6.57. The highest BCUT2D eigenvalue weighted by molar-refractivity contribution is 5.92. The van der Waals surface area contributed by atoms with E-state index in [1.54, 1.807) is 24.1 Å². The average Bonchev–Trinajstić information content (AvgIpc) is 2.64. The zero-order chi connectivity index (χ0) is 19.4. The van der Waals surface area contributed by atoms with Crippen LogP contribution in [-0.2, 0) is 11.3 Å². The van der Waals surface area contributed by atoms with Gasteiger partial charge in [0.2, 0.25) is 5.91 Å². The maximum absolute atomic E-state index is 12.6. The van der Waals surface area contributed by atoms with Gasteiger partial charge in [0.15, 0.2) is 0 Å². The Bertz CT molecular complexity index is 1040. The molecule has 0 aliphatic heterocycles. The third kappa shape index (κ3) is 4.16. The van der Waals surface area contributed by atoms with Crippen molar-refractivity contribution in [2.45, 2.75) is 33.2 Å². The summed E-state index contributed by atoms with van der Waals surface area (Å²) in [4.78, 5) is 29.2. The van der Waals surface area contributed by atoms with E-state index in [0.29, 0.717) is 36.2 Å². The van der Waals surface area contributed by atoms with Crippen molar-refractivity contribution in [1.29, 1.82) is 0 Å². The predicted molar refractivity (Wildman–Crippen MR) is 106 cm³/mol. The van der Waals surface area contributed by atoms with Crippen LogP contribution in [0.4, 0.5) is 5.69 Å². The van der Waals surface area contributed by atoms with Crippen molar-refractivity contribution in [3.63, 3.8) is 0 Å². The Morgan fingerprint density at radius 3 is 2.81 bits per heavy atom. The number of fused-ring (bicyclic) bond motifs is 1. The van der Waals surface area contributed by atoms with Crippen LogP contribution >= 0.6 is 0 Å². The number of para-hydroxylation sites is 1. The summed E-state index contributed by atoms with van der Waals surface area (Å²) in [5, 5.41) is 3.48. The summed E-state index contributed by atoms with van der Waals surface area (Å²) in [6.45, 7) is 4.33. The molecule has 0 saturated heterocycles. The van der Waals surface area contributed by atoms with Crippen molar-refractivity contribution in [3.05, 3.63) is 64.2 Å². The van der Waals surface area contributed by atoms with Crippen LogP contribution in [0.15, 0.2) is 47.5 Å². The van der Waals surface area contributed by atoms with Gasteiger partial charge < -0.3 is 10.1 Å². The lowest BCUT2D eigenvalue weighted by Crippen LogP contribution is -2.22. The highest BCUT2D eigenvalue weighted by Gasteiger charge is 2.09. The molecule has 0 bridgehead atoms. The molecule has 1 aromatic heterocycles. The number of carbonyl (C=O) groups is 1. The summed E-state index contributed by atoms with van der Waals surface area (Å²) in [5.41, 5.74) is 3.31. The average molecular weight is 365 g/mol. The van der Waals surface area contributed by atoms with Gasteiger partial charge in [-0.1, -0.05) is 18.2 Å². The van der Waals surface area contributed by atoms with Gasteiger partial charge in [-0.05, 0) is 49.6 Å². The zero-order valence-electron chi connectivity index (χ0n) is 15.8. The molecule has 0 aliphatic carbocycles. The van der Waals surface area contributed by atoms with Gasteiger partial charge in [0.05, 0.1) is 30.0 Å². The quantitative estimate of drug-likeness (QED) is 0.726. The van der Waals surface area contributed by atoms with Gasteiger partial charge in [0, 0.05) is 13.0 Å². The van der Waals surface area contributed by atoms with Crippen LogP contribution in [0, 0.1) is 13.8 Å². The first kappa shape index (κ1) is 18.6. The smallest absolute Gasteiger partial charge is 0.261 e. The van der Waals surface area contributed by atoms with Gasteiger partial charge in [0.25, 0.3) is 5.56 Å². The maximum atomic E-state index is 12.6. The van der Waals surface area contributed by atoms with Gasteiger partial charge in [-0.15, -0.1) is 0 Å². The number of hydrogen-bond acceptors (Lipinski definition) is 4. The number of nitrogens with one attached hydrogen (secondary N) is 1. The highest BCUT2D eigenvalue weighted by atomic mass is 16.5. The summed E-state index contributed by atoms with van der Waals surface area (Å²) in [6, 6.07) is 11.2. The lowest BCUT2D eigenvalue weighted by atomic mass is 10.1. The molecular formula is C21H23N3O3. The fourth-order valence-electron chi connectivity index (χ4n) is 3.04. The molecule has 6 heteroatoms. The van der Waals surface area contributed by atoms with Crippen LogP contribution in [0.25, 0.3) is 10.9 Å². The number of nitrogens with zero attached hydrogens (tertiary/aromatic N) is 2. The van der Waals surface area contributed by atoms with Crippen molar-refractivity contribution >= 4 is 22.5 Å². The standard InChI is InChI=1S/C21H23N3O3/c1-14-9-10-18(27-3)17(12-14)23-19(25)8-5-11-24-13-22-20-15(2)6-4-7-16(20)21(24)26/h4,6-7,9-10,12-13H,5,8,11H2,1-3H3,(H,23,25). The summed E-state index contributed by atoms with van der Waals surface area (Å²) < 4.78 is 6.83. The number of carbonyl (C=O) groups excluding carboxylic acids is 1. The maximum Gasteiger partial charge on any atom is 0.261 e. The summed E-state index contributed by atoms with van der Waals surface area (Å²) in [7, 11) is 1.57. The van der Waals surface area contributed by atoms with E-state index in [0.717, 1.165) is 16.6 Å². The predicted octanol–water partition coefficient (Wildman–Crippen LogP) is 3.44. The Kier molecular flexibility index (Phi) is 5.54. The molecule has 1 amide bonds. The number of rotatable bonds is 6. The first-order valence-corrected chi connectivity index (χ1v) is 8.89. The van der Waals surface area contributed by atoms with Crippen LogP contribution < -0.4 is 15.6 Å². The Labute approximate surface area is 157 Å². The number of aryl methyl sites for hydroxylation is 3. The second kappa shape index (κ2) is 8.03. The lowest BCUT2D eigenvalue weighted by molar-refractivity contribution is -0.116. The minimum Gasteiger partial charge on any atom is -0.495 e. The number of benzene rings is 2. The topological polar surface area (TPSA) is 73.2 Å². The molecule has 0 fully saturated rings. The molecule has 3 rings (SSSR count). The molecule has 1 heterocycles. The minimum absolute atomic E-state index is 0.0792. The molecule has 0 unspecified atom stereocenters. The van der Waals surface area contributed by atoms with Gasteiger partial charge >= 0.3 is 0 Å². The van der Waals surface area contributed by atoms with E-state index in [2.05, 4.69) is 10.3 Å². The van der Waals surface area contributed by atoms with Gasteiger partial charge in [-0.25, -0.2) is 4.98 Å². The molecule has 27 heavy (non-hydrogen) atoms. The van der Waals surface area contributed by atoms with Crippen molar-refractivity contribution in [2.24, 2.45) is 0 Å². The fraction of sp³-hybridized carbons (Fsp3) is 0.286. The molecular weight excluding hydrogens is 342 g/mol. The van der Waals surface area contributed by atoms with Gasteiger partial charge in [0.1, 0.15) is 5.75 Å². The molecule has 140 valence electrons. The van der Waals surface area contributed by atoms with E-state index < -0.39 is 0 Å². The van der Waals surface area contributed by atoms with E-state index >= 15 is 0 Å². The molecule has 0 spiro atoms. The van der Waals surface area contributed by atoms with E-state index in [9.17, 15) is 9.59 Å². The van der Waals surface area contributed by atoms with E-state index in [-0.39, 0.29) is 11.5 Å². The van der Waals surface area contributed by atoms with Crippen LogP contribution in [0.1, 0.15) is 24.0 Å². The first-order valence-electron chi connectivity index (χ1n) is 8.89. The minimum atomic E-state index is -0.114. The molecule has 1 N–H and O–H groups in total. The Morgan fingerprint density at radius 2 is 2.04 bits per heavy atom. The van der Waals surface area contributed by atoms with Crippen LogP contribution in [0.5, 0.6) is 5.75 Å². The van der Waals surface area contributed by atoms with E-state index in [4.69, 9.17) is 4.74 Å². The van der Waals surface area contributed by atoms with E-state index in [1.807, 2.05) is 44.2 Å². The summed E-state index contributed by atoms with van der Waals surface area (Å²) in [6.07, 6.45) is 2.40. The molecule has 2 aromatic carbocycles. The Balaban J connectivity index is 1.64. The number of methoxy groups -OCH3 is 1. The molecule has 0 atom stereocenters. The third-order valence-corrected chi connectivity index (χ3v) is 4.49. The third-order valence-electron chi connectivity index (χ3n) is 4.49. The normalized spacial score (nSPS) is 10.8. The summed E-state index contributed by atoms with van der Waals surface area (Å²) >= 11 is 0. The van der Waals surface area contributed by atoms with Crippen LogP contribution in [0.3, 0.4) is 0 Å². The van der Waals surface area contributed by atoms with Crippen molar-refractivity contribution in [1.82, 2.24) is 9.55 Å². The van der Waals surface area contributed by atoms with E-state index in [1.165, 1.54) is 0 Å². The summed E-state index contributed by atoms with van der Waals surface area (Å²) in [5.74, 6) is 0.510. The lowest BCUT2D eigenvalue weighted by Gasteiger charge is -2.11. The molecule has 3 aromatic rings. The number of aromatic nitrogens is 2. The fourth-order valence-corrected chi connectivity index (χ4v) is 3.04. The molecule has 0 saturated carbocycles. The largest absolute Gasteiger partial charge is 0.495 e. The number of ether oxygens (including phenoxy) is 1. The van der Waals surface area contributed by atoms with Crippen LogP contribution in [-0.4, -0.2) is 22.6 Å². The molecule has 0 aliphatic rings. The highest BCUT2D eigenvalue weighted by Crippen LogP contribution is 2.25.